The van der Waals surface area contributed by atoms with Crippen LogP contribution in [0.25, 0.3) is 0 Å². The van der Waals surface area contributed by atoms with Crippen LogP contribution < -0.4 is 10.6 Å². The molecule has 0 atom stereocenters. The molecule has 0 saturated heterocycles. The van der Waals surface area contributed by atoms with Crippen LogP contribution in [0.1, 0.15) is 77.9 Å². The van der Waals surface area contributed by atoms with Crippen molar-refractivity contribution in [2.45, 2.75) is 52.5 Å². The number of nitrogens with one attached hydrogen (secondary N) is 2. The van der Waals surface area contributed by atoms with Gasteiger partial charge >= 0.3 is 0 Å². The van der Waals surface area contributed by atoms with E-state index in [-0.39, 0.29) is 17.2 Å². The molecule has 32 heavy (non-hydrogen) atoms. The minimum Gasteiger partial charge on any atom is -0.348 e. The van der Waals surface area contributed by atoms with Crippen LogP contribution in [-0.2, 0) is 12.0 Å². The first-order valence-corrected chi connectivity index (χ1v) is 11.0. The predicted molar refractivity (Wildman–Crippen MR) is 131 cm³/mol. The van der Waals surface area contributed by atoms with Crippen LogP contribution in [0.5, 0.6) is 0 Å². The number of carbonyl (C=O) groups is 2. The Labute approximate surface area is 191 Å². The molecule has 0 spiro atoms. The third kappa shape index (κ3) is 6.07. The van der Waals surface area contributed by atoms with Crippen molar-refractivity contribution in [1.29, 1.82) is 0 Å². The van der Waals surface area contributed by atoms with Gasteiger partial charge in [-0.1, -0.05) is 71.0 Å². The fourth-order valence-electron chi connectivity index (χ4n) is 3.33. The molecule has 4 nitrogen and oxygen atoms in total. The Morgan fingerprint density at radius 1 is 0.750 bits per heavy atom. The van der Waals surface area contributed by atoms with Crippen LogP contribution in [0, 0.1) is 0 Å². The zero-order valence-electron chi connectivity index (χ0n) is 19.5. The van der Waals surface area contributed by atoms with E-state index in [1.807, 2.05) is 60.7 Å². The quantitative estimate of drug-likeness (QED) is 0.485. The minimum atomic E-state index is -0.156. The van der Waals surface area contributed by atoms with E-state index in [4.69, 9.17) is 0 Å². The average molecular weight is 429 g/mol. The van der Waals surface area contributed by atoms with Gasteiger partial charge in [0.15, 0.2) is 0 Å². The molecule has 0 saturated carbocycles. The van der Waals surface area contributed by atoms with Gasteiger partial charge in [0.25, 0.3) is 11.8 Å². The second-order valence-electron chi connectivity index (χ2n) is 9.44. The number of anilines is 1. The maximum absolute atomic E-state index is 12.5. The molecule has 4 heteroatoms. The Hall–Kier alpha value is -3.40. The minimum absolute atomic E-state index is 0.0561. The van der Waals surface area contributed by atoms with E-state index >= 15 is 0 Å². The molecule has 0 aromatic heterocycles. The fourth-order valence-corrected chi connectivity index (χ4v) is 3.33. The van der Waals surface area contributed by atoms with Crippen molar-refractivity contribution in [2.24, 2.45) is 0 Å². The first-order valence-electron chi connectivity index (χ1n) is 11.0. The van der Waals surface area contributed by atoms with E-state index in [2.05, 4.69) is 45.3 Å². The molecule has 0 aliphatic heterocycles. The molecule has 0 fully saturated rings. The average Bonchev–Trinajstić information content (AvgIpc) is 2.77. The molecule has 0 unspecified atom stereocenters. The van der Waals surface area contributed by atoms with Crippen molar-refractivity contribution in [3.63, 3.8) is 0 Å². The van der Waals surface area contributed by atoms with Gasteiger partial charge in [-0.2, -0.15) is 0 Å². The Balaban J connectivity index is 1.55. The summed E-state index contributed by atoms with van der Waals surface area (Å²) in [5.41, 5.74) is 5.40. The monoisotopic (exact) mass is 428 g/mol. The van der Waals surface area contributed by atoms with Gasteiger partial charge in [-0.3, -0.25) is 9.59 Å². The lowest BCUT2D eigenvalue weighted by Crippen LogP contribution is -2.23. The molecular weight excluding hydrogens is 396 g/mol. The van der Waals surface area contributed by atoms with Gasteiger partial charge in [0.05, 0.1) is 0 Å². The van der Waals surface area contributed by atoms with Gasteiger partial charge < -0.3 is 10.6 Å². The summed E-state index contributed by atoms with van der Waals surface area (Å²) < 4.78 is 0. The van der Waals surface area contributed by atoms with Crippen LogP contribution in [0.3, 0.4) is 0 Å². The standard InChI is InChI=1S/C28H32N2O2/c1-19(2)21-12-16-25(17-13-21)30-27(32)23-8-6-20(7-9-23)18-29-26(31)22-10-14-24(15-11-22)28(3,4)5/h6-17,19H,18H2,1-5H3,(H,29,31)(H,30,32). The SMILES string of the molecule is CC(C)c1ccc(NC(=O)c2ccc(CNC(=O)c3ccc(C(C)(C)C)cc3)cc2)cc1. The summed E-state index contributed by atoms with van der Waals surface area (Å²) >= 11 is 0. The topological polar surface area (TPSA) is 58.2 Å². The summed E-state index contributed by atoms with van der Waals surface area (Å²) in [6.07, 6.45) is 0. The maximum atomic E-state index is 12.5. The molecule has 0 radical (unpaired) electrons. The molecule has 3 aromatic rings. The Bertz CT molecular complexity index is 1060. The maximum Gasteiger partial charge on any atom is 0.255 e. The third-order valence-electron chi connectivity index (χ3n) is 5.52. The van der Waals surface area contributed by atoms with E-state index in [0.717, 1.165) is 11.3 Å². The zero-order valence-corrected chi connectivity index (χ0v) is 19.5. The summed E-state index contributed by atoms with van der Waals surface area (Å²) in [6, 6.07) is 22.9. The molecule has 2 N–H and O–H groups in total. The van der Waals surface area contributed by atoms with Crippen molar-refractivity contribution in [3.05, 3.63) is 101 Å². The molecule has 3 aromatic carbocycles. The molecule has 0 aliphatic carbocycles. The summed E-state index contributed by atoms with van der Waals surface area (Å²) in [6.45, 7) is 11.1. The normalized spacial score (nSPS) is 11.3. The lowest BCUT2D eigenvalue weighted by Gasteiger charge is -2.19. The van der Waals surface area contributed by atoms with E-state index in [1.165, 1.54) is 11.1 Å². The Kier molecular flexibility index (Phi) is 7.14. The highest BCUT2D eigenvalue weighted by atomic mass is 16.2. The van der Waals surface area contributed by atoms with Crippen LogP contribution in [0.2, 0.25) is 0 Å². The van der Waals surface area contributed by atoms with Gasteiger partial charge in [0.1, 0.15) is 0 Å². The fraction of sp³-hybridized carbons (Fsp3) is 0.286. The second kappa shape index (κ2) is 9.82. The van der Waals surface area contributed by atoms with Gasteiger partial charge in [-0.25, -0.2) is 0 Å². The lowest BCUT2D eigenvalue weighted by atomic mass is 9.87. The highest BCUT2D eigenvalue weighted by Gasteiger charge is 2.14. The van der Waals surface area contributed by atoms with E-state index in [9.17, 15) is 9.59 Å². The van der Waals surface area contributed by atoms with E-state index in [1.54, 1.807) is 12.1 Å². The number of amides is 2. The van der Waals surface area contributed by atoms with E-state index < -0.39 is 0 Å². The van der Waals surface area contributed by atoms with Crippen LogP contribution >= 0.6 is 0 Å². The first kappa shape index (κ1) is 23.3. The molecule has 3 rings (SSSR count). The van der Waals surface area contributed by atoms with Crippen molar-refractivity contribution >= 4 is 17.5 Å². The molecular formula is C28H32N2O2. The molecule has 166 valence electrons. The third-order valence-corrected chi connectivity index (χ3v) is 5.52. The summed E-state index contributed by atoms with van der Waals surface area (Å²) in [5, 5.41) is 5.86. The predicted octanol–water partition coefficient (Wildman–Crippen LogP) is 6.29. The Morgan fingerprint density at radius 3 is 1.81 bits per heavy atom. The molecule has 0 bridgehead atoms. The van der Waals surface area contributed by atoms with Gasteiger partial charge in [-0.15, -0.1) is 0 Å². The van der Waals surface area contributed by atoms with Crippen molar-refractivity contribution in [2.75, 3.05) is 5.32 Å². The number of hydrogen-bond acceptors (Lipinski definition) is 2. The van der Waals surface area contributed by atoms with Gasteiger partial charge in [-0.05, 0) is 64.4 Å². The van der Waals surface area contributed by atoms with Crippen molar-refractivity contribution < 1.29 is 9.59 Å². The van der Waals surface area contributed by atoms with Crippen LogP contribution in [-0.4, -0.2) is 11.8 Å². The smallest absolute Gasteiger partial charge is 0.255 e. The number of hydrogen-bond donors (Lipinski definition) is 2. The zero-order chi connectivity index (χ0) is 23.3. The summed E-state index contributed by atoms with van der Waals surface area (Å²) in [4.78, 5) is 25.0. The number of benzene rings is 3. The van der Waals surface area contributed by atoms with Gasteiger partial charge in [0, 0.05) is 23.4 Å². The van der Waals surface area contributed by atoms with Gasteiger partial charge in [0.2, 0.25) is 0 Å². The molecule has 0 heterocycles. The van der Waals surface area contributed by atoms with Crippen LogP contribution in [0.15, 0.2) is 72.8 Å². The highest BCUT2D eigenvalue weighted by Crippen LogP contribution is 2.22. The van der Waals surface area contributed by atoms with Crippen molar-refractivity contribution in [3.8, 4) is 0 Å². The summed E-state index contributed by atoms with van der Waals surface area (Å²) in [7, 11) is 0. The molecule has 2 amide bonds. The number of rotatable bonds is 6. The Morgan fingerprint density at radius 2 is 1.28 bits per heavy atom. The van der Waals surface area contributed by atoms with E-state index in [0.29, 0.717) is 23.6 Å². The highest BCUT2D eigenvalue weighted by molar-refractivity contribution is 6.04. The van der Waals surface area contributed by atoms with Crippen LogP contribution in [0.4, 0.5) is 5.69 Å². The van der Waals surface area contributed by atoms with Crippen molar-refractivity contribution in [1.82, 2.24) is 5.32 Å². The first-order chi connectivity index (χ1) is 15.1. The summed E-state index contributed by atoms with van der Waals surface area (Å²) in [5.74, 6) is 0.185. The lowest BCUT2D eigenvalue weighted by molar-refractivity contribution is 0.0949. The second-order valence-corrected chi connectivity index (χ2v) is 9.44. The largest absolute Gasteiger partial charge is 0.348 e. The molecule has 0 aliphatic rings. The number of carbonyl (C=O) groups excluding carboxylic acids is 2.